The molecular formula is C28H34ClN9O2. The van der Waals surface area contributed by atoms with Crippen LogP contribution >= 0.6 is 11.6 Å². The Balaban J connectivity index is 1.24. The Bertz CT molecular complexity index is 1530. The molecule has 0 unspecified atom stereocenters. The number of aromatic amines is 1. The molecule has 12 heteroatoms. The van der Waals surface area contributed by atoms with E-state index in [9.17, 15) is 4.79 Å². The van der Waals surface area contributed by atoms with Crippen LogP contribution in [0.25, 0.3) is 22.2 Å². The number of rotatable bonds is 7. The third-order valence-corrected chi connectivity index (χ3v) is 8.24. The Morgan fingerprint density at radius 2 is 1.98 bits per heavy atom. The van der Waals surface area contributed by atoms with E-state index in [1.807, 2.05) is 31.4 Å². The number of likely N-dealkylation sites (tertiary alicyclic amines) is 2. The van der Waals surface area contributed by atoms with Crippen LogP contribution in [0.4, 0.5) is 17.3 Å². The maximum Gasteiger partial charge on any atom is 0.256 e. The lowest BCUT2D eigenvalue weighted by Crippen LogP contribution is -2.49. The second-order valence-corrected chi connectivity index (χ2v) is 11.0. The van der Waals surface area contributed by atoms with Crippen LogP contribution in [0.5, 0.6) is 5.88 Å². The summed E-state index contributed by atoms with van der Waals surface area (Å²) in [6.07, 6.45) is 9.38. The first-order chi connectivity index (χ1) is 19.4. The first-order valence-corrected chi connectivity index (χ1v) is 14.0. The van der Waals surface area contributed by atoms with Crippen molar-refractivity contribution in [3.63, 3.8) is 0 Å². The van der Waals surface area contributed by atoms with Crippen LogP contribution in [0.3, 0.4) is 0 Å². The van der Waals surface area contributed by atoms with Crippen LogP contribution in [-0.4, -0.2) is 86.3 Å². The molecule has 3 N–H and O–H groups in total. The predicted molar refractivity (Wildman–Crippen MR) is 156 cm³/mol. The van der Waals surface area contributed by atoms with Gasteiger partial charge in [0.15, 0.2) is 0 Å². The molecule has 0 bridgehead atoms. The minimum Gasteiger partial charge on any atom is -0.478 e. The summed E-state index contributed by atoms with van der Waals surface area (Å²) in [5, 5.41) is 12.0. The Morgan fingerprint density at radius 1 is 1.15 bits per heavy atom. The van der Waals surface area contributed by atoms with E-state index in [-0.39, 0.29) is 11.9 Å². The van der Waals surface area contributed by atoms with E-state index in [1.54, 1.807) is 24.2 Å². The summed E-state index contributed by atoms with van der Waals surface area (Å²) >= 11 is 6.58. The molecule has 0 aliphatic carbocycles. The van der Waals surface area contributed by atoms with Gasteiger partial charge in [-0.05, 0) is 58.4 Å². The summed E-state index contributed by atoms with van der Waals surface area (Å²) < 4.78 is 6.97. The van der Waals surface area contributed by atoms with Crippen molar-refractivity contribution in [2.24, 2.45) is 7.05 Å². The minimum atomic E-state index is -0.104. The molecule has 1 atom stereocenters. The highest BCUT2D eigenvalue weighted by molar-refractivity contribution is 6.33. The molecule has 0 spiro atoms. The van der Waals surface area contributed by atoms with Gasteiger partial charge in [0.1, 0.15) is 5.69 Å². The van der Waals surface area contributed by atoms with Gasteiger partial charge in [0.25, 0.3) is 5.88 Å². The summed E-state index contributed by atoms with van der Waals surface area (Å²) in [4.78, 5) is 30.7. The SMILES string of the molecule is COc1nn(C)cc1Nc1ncc(Cl)c(-c2c[nH]c3c(NC(=O)[C@H]4CCCN4C4CCN(C)CC4)cccc23)n1. The average Bonchev–Trinajstić information content (AvgIpc) is 3.69. The molecule has 1 aromatic carbocycles. The number of halogens is 1. The number of benzene rings is 1. The molecule has 2 aliphatic rings. The van der Waals surface area contributed by atoms with Crippen molar-refractivity contribution in [1.29, 1.82) is 0 Å². The third kappa shape index (κ3) is 5.12. The molecule has 40 heavy (non-hydrogen) atoms. The first-order valence-electron chi connectivity index (χ1n) is 13.6. The Morgan fingerprint density at radius 3 is 2.77 bits per heavy atom. The number of nitrogens with one attached hydrogen (secondary N) is 3. The zero-order valence-corrected chi connectivity index (χ0v) is 23.7. The Labute approximate surface area is 237 Å². The average molecular weight is 564 g/mol. The number of piperidine rings is 1. The number of carbonyl (C=O) groups is 1. The number of aromatic nitrogens is 5. The fraction of sp³-hybridized carbons (Fsp3) is 0.429. The number of carbonyl (C=O) groups excluding carboxylic acids is 1. The predicted octanol–water partition coefficient (Wildman–Crippen LogP) is 4.26. The fourth-order valence-electron chi connectivity index (χ4n) is 5.95. The summed E-state index contributed by atoms with van der Waals surface area (Å²) in [6, 6.07) is 6.23. The molecule has 210 valence electrons. The van der Waals surface area contributed by atoms with Gasteiger partial charge in [0.05, 0.1) is 47.5 Å². The molecule has 1 amide bonds. The topological polar surface area (TPSA) is 116 Å². The zero-order valence-electron chi connectivity index (χ0n) is 22.9. The van der Waals surface area contributed by atoms with Crippen LogP contribution in [0, 0.1) is 0 Å². The molecule has 6 rings (SSSR count). The number of hydrogen-bond acceptors (Lipinski definition) is 8. The molecule has 3 aromatic heterocycles. The third-order valence-electron chi connectivity index (χ3n) is 7.96. The minimum absolute atomic E-state index is 0.0528. The van der Waals surface area contributed by atoms with Crippen LogP contribution in [0.1, 0.15) is 25.7 Å². The van der Waals surface area contributed by atoms with Crippen molar-refractivity contribution in [2.45, 2.75) is 37.8 Å². The van der Waals surface area contributed by atoms with Crippen molar-refractivity contribution in [2.75, 3.05) is 44.4 Å². The number of para-hydroxylation sites is 1. The molecule has 5 heterocycles. The van der Waals surface area contributed by atoms with Crippen molar-refractivity contribution in [3.05, 3.63) is 41.8 Å². The molecule has 4 aromatic rings. The quantitative estimate of drug-likeness (QED) is 0.305. The van der Waals surface area contributed by atoms with E-state index in [4.69, 9.17) is 21.3 Å². The largest absolute Gasteiger partial charge is 0.478 e. The maximum atomic E-state index is 13.5. The van der Waals surface area contributed by atoms with E-state index in [0.717, 1.165) is 67.5 Å². The molecule has 2 saturated heterocycles. The van der Waals surface area contributed by atoms with E-state index < -0.39 is 0 Å². The highest BCUT2D eigenvalue weighted by Gasteiger charge is 2.36. The van der Waals surface area contributed by atoms with Crippen molar-refractivity contribution in [3.8, 4) is 17.1 Å². The van der Waals surface area contributed by atoms with Gasteiger partial charge < -0.3 is 25.3 Å². The van der Waals surface area contributed by atoms with E-state index in [2.05, 4.69) is 42.5 Å². The number of methoxy groups -OCH3 is 1. The summed E-state index contributed by atoms with van der Waals surface area (Å²) in [6.45, 7) is 3.15. The van der Waals surface area contributed by atoms with Crippen molar-refractivity contribution >= 4 is 45.7 Å². The number of ether oxygens (including phenoxy) is 1. The number of anilines is 3. The second kappa shape index (κ2) is 11.1. The second-order valence-electron chi connectivity index (χ2n) is 10.6. The van der Waals surface area contributed by atoms with Gasteiger partial charge in [0, 0.05) is 30.2 Å². The van der Waals surface area contributed by atoms with E-state index in [1.165, 1.54) is 0 Å². The van der Waals surface area contributed by atoms with Gasteiger partial charge in [-0.1, -0.05) is 23.7 Å². The summed E-state index contributed by atoms with van der Waals surface area (Å²) in [5.41, 5.74) is 3.60. The number of amides is 1. The number of aryl methyl sites for hydroxylation is 1. The molecular weight excluding hydrogens is 530 g/mol. The lowest BCUT2D eigenvalue weighted by molar-refractivity contribution is -0.121. The molecule has 11 nitrogen and oxygen atoms in total. The van der Waals surface area contributed by atoms with Gasteiger partial charge in [0.2, 0.25) is 11.9 Å². The number of hydrogen-bond donors (Lipinski definition) is 3. The highest BCUT2D eigenvalue weighted by atomic mass is 35.5. The lowest BCUT2D eigenvalue weighted by atomic mass is 10.0. The number of H-pyrrole nitrogens is 1. The maximum absolute atomic E-state index is 13.5. The van der Waals surface area contributed by atoms with Crippen molar-refractivity contribution < 1.29 is 9.53 Å². The van der Waals surface area contributed by atoms with Gasteiger partial charge in [-0.25, -0.2) is 9.97 Å². The highest BCUT2D eigenvalue weighted by Crippen LogP contribution is 2.36. The van der Waals surface area contributed by atoms with Gasteiger partial charge in [-0.3, -0.25) is 14.4 Å². The Hall–Kier alpha value is -3.67. The lowest BCUT2D eigenvalue weighted by Gasteiger charge is -2.37. The molecule has 2 fully saturated rings. The number of nitrogens with zero attached hydrogens (tertiary/aromatic N) is 6. The van der Waals surface area contributed by atoms with Crippen LogP contribution in [0.15, 0.2) is 36.8 Å². The van der Waals surface area contributed by atoms with E-state index >= 15 is 0 Å². The normalized spacial score (nSPS) is 18.9. The van der Waals surface area contributed by atoms with Crippen LogP contribution < -0.4 is 15.4 Å². The Kier molecular flexibility index (Phi) is 7.35. The van der Waals surface area contributed by atoms with Gasteiger partial charge in [-0.15, -0.1) is 5.10 Å². The molecule has 2 aliphatic heterocycles. The summed E-state index contributed by atoms with van der Waals surface area (Å²) in [5.74, 6) is 0.850. The van der Waals surface area contributed by atoms with Crippen LogP contribution in [0.2, 0.25) is 5.02 Å². The molecule has 0 saturated carbocycles. The standard InChI is InChI=1S/C28H34ClN9O2/c1-36-12-9-17(10-13-36)38-11-5-8-23(38)26(39)32-21-7-4-6-18-19(14-30-25(18)21)24-20(29)15-31-28(34-24)33-22-16-37(2)35-27(22)40-3/h4,6-7,14-17,23,30H,5,8-13H2,1-3H3,(H,32,39)(H,31,33,34)/t23-/m1/s1. The van der Waals surface area contributed by atoms with Crippen LogP contribution in [-0.2, 0) is 11.8 Å². The fourth-order valence-corrected chi connectivity index (χ4v) is 6.14. The monoisotopic (exact) mass is 563 g/mol. The van der Waals surface area contributed by atoms with Crippen molar-refractivity contribution in [1.82, 2.24) is 34.5 Å². The molecule has 0 radical (unpaired) electrons. The first kappa shape index (κ1) is 26.5. The smallest absolute Gasteiger partial charge is 0.256 e. The summed E-state index contributed by atoms with van der Waals surface area (Å²) in [7, 11) is 5.53. The number of fused-ring (bicyclic) bond motifs is 1. The van der Waals surface area contributed by atoms with Gasteiger partial charge in [-0.2, -0.15) is 0 Å². The zero-order chi connectivity index (χ0) is 27.8. The van der Waals surface area contributed by atoms with Gasteiger partial charge >= 0.3 is 0 Å². The van der Waals surface area contributed by atoms with E-state index in [0.29, 0.717) is 34.3 Å².